The highest BCUT2D eigenvalue weighted by Gasteiger charge is 2.10. The Hall–Kier alpha value is -0.160. The van der Waals surface area contributed by atoms with Gasteiger partial charge in [-0.15, -0.1) is 0 Å². The summed E-state index contributed by atoms with van der Waals surface area (Å²) in [5.74, 6) is 4.06. The number of nitrogens with zero attached hydrogens (tertiary/aromatic N) is 2. The van der Waals surface area contributed by atoms with Gasteiger partial charge in [0.1, 0.15) is 0 Å². The molecular formula is C44H95N3O. The Bertz CT molecular complexity index is 497. The third kappa shape index (κ3) is 33.0. The molecule has 48 heavy (non-hydrogen) atoms. The predicted molar refractivity (Wildman–Crippen MR) is 220 cm³/mol. The molecule has 292 valence electrons. The van der Waals surface area contributed by atoms with Crippen LogP contribution in [0, 0.1) is 23.7 Å². The third-order valence-corrected chi connectivity index (χ3v) is 11.0. The van der Waals surface area contributed by atoms with Gasteiger partial charge in [0.15, 0.2) is 0 Å². The highest BCUT2D eigenvalue weighted by molar-refractivity contribution is 4.64. The van der Waals surface area contributed by atoms with Gasteiger partial charge in [-0.3, -0.25) is 0 Å². The monoisotopic (exact) mass is 682 g/mol. The van der Waals surface area contributed by atoms with Gasteiger partial charge >= 0.3 is 0 Å². The molecule has 3 saturated carbocycles. The number of ether oxygens (including phenoxy) is 1. The second kappa shape index (κ2) is 35.3. The summed E-state index contributed by atoms with van der Waals surface area (Å²) in [5, 5.41) is 3.33. The molecule has 4 nitrogen and oxygen atoms in total. The number of likely N-dealkylation sites (tertiary alicyclic amines) is 2. The van der Waals surface area contributed by atoms with Crippen molar-refractivity contribution in [1.82, 2.24) is 15.1 Å². The summed E-state index contributed by atoms with van der Waals surface area (Å²) >= 11 is 0. The van der Waals surface area contributed by atoms with Gasteiger partial charge in [-0.25, -0.2) is 0 Å². The van der Waals surface area contributed by atoms with Crippen LogP contribution in [0.1, 0.15) is 197 Å². The molecule has 3 aliphatic carbocycles. The number of rotatable bonds is 0. The Morgan fingerprint density at radius 1 is 0.417 bits per heavy atom. The topological polar surface area (TPSA) is 27.7 Å². The van der Waals surface area contributed by atoms with Crippen molar-refractivity contribution in [1.29, 1.82) is 0 Å². The van der Waals surface area contributed by atoms with Crippen LogP contribution in [0.4, 0.5) is 0 Å². The molecule has 4 heteroatoms. The summed E-state index contributed by atoms with van der Waals surface area (Å²) in [7, 11) is 4.39. The van der Waals surface area contributed by atoms with Gasteiger partial charge in [0.2, 0.25) is 0 Å². The first-order valence-corrected chi connectivity index (χ1v) is 21.0. The molecule has 0 aromatic rings. The Balaban J connectivity index is 0. The number of hydrogen-bond donors (Lipinski definition) is 1. The van der Waals surface area contributed by atoms with E-state index < -0.39 is 0 Å². The van der Waals surface area contributed by atoms with Crippen molar-refractivity contribution in [2.45, 2.75) is 203 Å². The molecule has 0 radical (unpaired) electrons. The highest BCUT2D eigenvalue weighted by Crippen LogP contribution is 2.24. The predicted octanol–water partition coefficient (Wildman–Crippen LogP) is 12.6. The van der Waals surface area contributed by atoms with E-state index in [2.05, 4.69) is 63.8 Å². The smallest absolute Gasteiger partial charge is 0.0547 e. The van der Waals surface area contributed by atoms with Crippen LogP contribution in [-0.2, 0) is 4.74 Å². The Morgan fingerprint density at radius 2 is 0.792 bits per heavy atom. The fourth-order valence-electron chi connectivity index (χ4n) is 7.09. The van der Waals surface area contributed by atoms with E-state index in [-0.39, 0.29) is 14.9 Å². The van der Waals surface area contributed by atoms with Crippen molar-refractivity contribution < 1.29 is 4.74 Å². The van der Waals surface area contributed by atoms with Crippen molar-refractivity contribution in [2.75, 3.05) is 60.0 Å². The summed E-state index contributed by atoms with van der Waals surface area (Å²) in [4.78, 5) is 4.78. The van der Waals surface area contributed by atoms with Crippen molar-refractivity contribution in [3.63, 3.8) is 0 Å². The first-order chi connectivity index (χ1) is 22.3. The fourth-order valence-corrected chi connectivity index (χ4v) is 7.09. The molecule has 0 bridgehead atoms. The molecule has 0 amide bonds. The van der Waals surface area contributed by atoms with Crippen molar-refractivity contribution in [2.24, 2.45) is 23.7 Å². The van der Waals surface area contributed by atoms with Gasteiger partial charge in [0, 0.05) is 6.61 Å². The number of piperidine rings is 3. The van der Waals surface area contributed by atoms with Gasteiger partial charge in [0.05, 0.1) is 6.10 Å². The van der Waals surface area contributed by atoms with Crippen molar-refractivity contribution >= 4 is 0 Å². The molecule has 4 aliphatic heterocycles. The van der Waals surface area contributed by atoms with E-state index in [4.69, 9.17) is 4.74 Å². The van der Waals surface area contributed by atoms with Crippen LogP contribution in [0.15, 0.2) is 0 Å². The second-order valence-corrected chi connectivity index (χ2v) is 16.5. The molecule has 4 saturated heterocycles. The zero-order valence-electron chi connectivity index (χ0n) is 32.9. The largest absolute Gasteiger partial charge is 0.379 e. The Labute approximate surface area is 306 Å². The standard InChI is InChI=1S/2C7H14.3C6H13N.C5H10O.C5H10.2CH4/c2*1-7-5-3-2-4-6-7;1-6-3-2-4-7-5-6;2*1-7-5-3-2-4-6-7;1-5-3-2-4-6-5;1-5-3-2-4-5;;/h2*7H,2-6H2,1H3;6-7H,2-5H2,1H3;2*2-6H2,1H3;5H,2-4H2,1H3;5H,2-4H2,1H3;2*1H4/t;;6-;;;5-;;;/m..0..0.../s1. The van der Waals surface area contributed by atoms with Crippen molar-refractivity contribution in [3.05, 3.63) is 0 Å². The summed E-state index contributed by atoms with van der Waals surface area (Å²) in [5.41, 5.74) is 0. The lowest BCUT2D eigenvalue weighted by atomic mass is 9.88. The minimum atomic E-state index is 0. The van der Waals surface area contributed by atoms with E-state index in [1.165, 1.54) is 187 Å². The van der Waals surface area contributed by atoms with Crippen LogP contribution >= 0.6 is 0 Å². The first-order valence-electron chi connectivity index (χ1n) is 21.0. The Kier molecular flexibility index (Phi) is 36.7. The van der Waals surface area contributed by atoms with Gasteiger partial charge in [-0.2, -0.15) is 0 Å². The van der Waals surface area contributed by atoms with E-state index in [1.54, 1.807) is 0 Å². The minimum Gasteiger partial charge on any atom is -0.379 e. The maximum Gasteiger partial charge on any atom is 0.0547 e. The average Bonchev–Trinajstić information content (AvgIpc) is 3.55. The maximum absolute atomic E-state index is 5.15. The van der Waals surface area contributed by atoms with Crippen LogP contribution in [0.3, 0.4) is 0 Å². The average molecular weight is 682 g/mol. The summed E-state index contributed by atoms with van der Waals surface area (Å²) in [6.07, 6.45) is 33.8. The summed E-state index contributed by atoms with van der Waals surface area (Å²) < 4.78 is 5.15. The zero-order valence-corrected chi connectivity index (χ0v) is 32.9. The van der Waals surface area contributed by atoms with E-state index >= 15 is 0 Å². The Morgan fingerprint density at radius 3 is 0.938 bits per heavy atom. The second-order valence-electron chi connectivity index (χ2n) is 16.5. The van der Waals surface area contributed by atoms with Crippen LogP contribution in [0.25, 0.3) is 0 Å². The summed E-state index contributed by atoms with van der Waals surface area (Å²) in [6, 6.07) is 0. The molecule has 7 rings (SSSR count). The molecule has 0 aromatic carbocycles. The van der Waals surface area contributed by atoms with Crippen molar-refractivity contribution in [3.8, 4) is 0 Å². The fraction of sp³-hybridized carbons (Fsp3) is 1.00. The molecule has 2 atom stereocenters. The molecule has 1 N–H and O–H groups in total. The minimum absolute atomic E-state index is 0. The molecule has 7 aliphatic rings. The lowest BCUT2D eigenvalue weighted by Crippen LogP contribution is -2.27. The van der Waals surface area contributed by atoms with Crippen LogP contribution in [-0.4, -0.2) is 75.9 Å². The van der Waals surface area contributed by atoms with Gasteiger partial charge in [-0.1, -0.05) is 139 Å². The van der Waals surface area contributed by atoms with E-state index in [9.17, 15) is 0 Å². The SMILES string of the molecule is C.C.CC1CCC1.CC1CCCCC1.CC1CCCCC1.CN1CCCCC1.CN1CCCCC1.C[C@H]1CCCNC1.C[C@H]1CCCO1. The first kappa shape index (κ1) is 50.0. The molecular weight excluding hydrogens is 587 g/mol. The van der Waals surface area contributed by atoms with E-state index in [1.807, 2.05) is 0 Å². The van der Waals surface area contributed by atoms with Crippen LogP contribution < -0.4 is 5.32 Å². The third-order valence-electron chi connectivity index (χ3n) is 11.0. The molecule has 7 fully saturated rings. The lowest BCUT2D eigenvalue weighted by Gasteiger charge is -2.20. The van der Waals surface area contributed by atoms with Gasteiger partial charge in [-0.05, 0) is 135 Å². The highest BCUT2D eigenvalue weighted by atomic mass is 16.5. The summed E-state index contributed by atoms with van der Waals surface area (Å²) in [6.45, 7) is 20.2. The number of hydrogen-bond acceptors (Lipinski definition) is 4. The lowest BCUT2D eigenvalue weighted by molar-refractivity contribution is 0.125. The van der Waals surface area contributed by atoms with E-state index in [0.29, 0.717) is 6.10 Å². The van der Waals surface area contributed by atoms with Crippen LogP contribution in [0.5, 0.6) is 0 Å². The number of nitrogens with one attached hydrogen (secondary N) is 1. The van der Waals surface area contributed by atoms with Gasteiger partial charge in [0.25, 0.3) is 0 Å². The quantitative estimate of drug-likeness (QED) is 0.275. The normalized spacial score (nSPS) is 26.6. The maximum atomic E-state index is 5.15. The van der Waals surface area contributed by atoms with E-state index in [0.717, 1.165) is 30.3 Å². The van der Waals surface area contributed by atoms with Crippen LogP contribution in [0.2, 0.25) is 0 Å². The molecule has 0 aromatic heterocycles. The van der Waals surface area contributed by atoms with Gasteiger partial charge < -0.3 is 19.9 Å². The molecule has 4 heterocycles. The molecule has 0 unspecified atom stereocenters. The zero-order chi connectivity index (χ0) is 33.7. The molecule has 0 spiro atoms.